The zero-order valence-corrected chi connectivity index (χ0v) is 13.3. The van der Waals surface area contributed by atoms with Crippen LogP contribution in [0.1, 0.15) is 50.8 Å². The van der Waals surface area contributed by atoms with Gasteiger partial charge < -0.3 is 10.6 Å². The molecular weight excluding hydrogens is 250 g/mol. The average Bonchev–Trinajstić information content (AvgIpc) is 2.63. The van der Waals surface area contributed by atoms with Crippen LogP contribution in [0.3, 0.4) is 0 Å². The second kappa shape index (κ2) is 5.11. The molecule has 2 rings (SSSR count). The van der Waals surface area contributed by atoms with Crippen LogP contribution in [0.4, 0.5) is 5.82 Å². The molecule has 1 aliphatic rings. The number of anilines is 1. The van der Waals surface area contributed by atoms with Crippen molar-refractivity contribution in [2.75, 3.05) is 11.9 Å². The number of amidine groups is 1. The van der Waals surface area contributed by atoms with Crippen LogP contribution in [-0.2, 0) is 7.05 Å². The normalized spacial score (nSPS) is 19.1. The van der Waals surface area contributed by atoms with E-state index in [4.69, 9.17) is 11.1 Å². The quantitative estimate of drug-likeness (QED) is 0.658. The molecule has 5 nitrogen and oxygen atoms in total. The van der Waals surface area contributed by atoms with Crippen LogP contribution < -0.4 is 10.6 Å². The maximum Gasteiger partial charge on any atom is 0.137 e. The number of hydrogen-bond acceptors (Lipinski definition) is 3. The first-order valence-electron chi connectivity index (χ1n) is 7.34. The number of nitrogen functional groups attached to an aromatic ring is 1. The molecule has 1 aromatic heterocycles. The summed E-state index contributed by atoms with van der Waals surface area (Å²) >= 11 is 0. The molecule has 0 bridgehead atoms. The molecular formula is C15H27N5. The van der Waals surface area contributed by atoms with Gasteiger partial charge in [0.1, 0.15) is 11.7 Å². The molecule has 1 aromatic rings. The molecule has 20 heavy (non-hydrogen) atoms. The molecule has 1 saturated carbocycles. The van der Waals surface area contributed by atoms with E-state index in [-0.39, 0.29) is 5.84 Å². The minimum atomic E-state index is 0.105. The van der Waals surface area contributed by atoms with Crippen molar-refractivity contribution in [3.05, 3.63) is 11.3 Å². The molecule has 0 unspecified atom stereocenters. The highest BCUT2D eigenvalue weighted by Gasteiger charge is 2.31. The second-order valence-corrected chi connectivity index (χ2v) is 6.83. The Morgan fingerprint density at radius 1 is 1.40 bits per heavy atom. The Morgan fingerprint density at radius 2 is 1.95 bits per heavy atom. The van der Waals surface area contributed by atoms with Gasteiger partial charge in [0, 0.05) is 20.1 Å². The van der Waals surface area contributed by atoms with Gasteiger partial charge in [0.15, 0.2) is 0 Å². The van der Waals surface area contributed by atoms with Gasteiger partial charge in [-0.15, -0.1) is 0 Å². The monoisotopic (exact) mass is 277 g/mol. The Morgan fingerprint density at radius 3 is 2.45 bits per heavy atom. The molecule has 112 valence electrons. The molecule has 0 spiro atoms. The number of aromatic nitrogens is 2. The molecule has 0 amide bonds. The van der Waals surface area contributed by atoms with Gasteiger partial charge in [0.25, 0.3) is 0 Å². The van der Waals surface area contributed by atoms with Gasteiger partial charge in [-0.3, -0.25) is 10.1 Å². The van der Waals surface area contributed by atoms with Gasteiger partial charge in [-0.1, -0.05) is 13.8 Å². The number of aryl methyl sites for hydroxylation is 2. The van der Waals surface area contributed by atoms with E-state index in [0.717, 1.165) is 17.1 Å². The zero-order chi connectivity index (χ0) is 15.1. The van der Waals surface area contributed by atoms with E-state index in [1.54, 1.807) is 0 Å². The fourth-order valence-electron chi connectivity index (χ4n) is 3.31. The predicted octanol–water partition coefficient (Wildman–Crippen LogP) is 2.42. The third kappa shape index (κ3) is 2.67. The zero-order valence-electron chi connectivity index (χ0n) is 13.3. The third-order valence-electron chi connectivity index (χ3n) is 4.65. The van der Waals surface area contributed by atoms with E-state index in [0.29, 0.717) is 11.5 Å². The first-order chi connectivity index (χ1) is 9.23. The Hall–Kier alpha value is -1.52. The summed E-state index contributed by atoms with van der Waals surface area (Å²) in [6.07, 6.45) is 4.86. The lowest BCUT2D eigenvalue weighted by Crippen LogP contribution is -2.39. The largest absolute Gasteiger partial charge is 0.384 e. The lowest BCUT2D eigenvalue weighted by atomic mass is 9.75. The number of rotatable bonds is 3. The third-order valence-corrected chi connectivity index (χ3v) is 4.65. The lowest BCUT2D eigenvalue weighted by molar-refractivity contribution is 0.222. The summed E-state index contributed by atoms with van der Waals surface area (Å²) in [5.74, 6) is 1.08. The first kappa shape index (κ1) is 14.9. The second-order valence-electron chi connectivity index (χ2n) is 6.83. The minimum absolute atomic E-state index is 0.105. The van der Waals surface area contributed by atoms with Crippen molar-refractivity contribution in [3.8, 4) is 0 Å². The van der Waals surface area contributed by atoms with Crippen molar-refractivity contribution in [1.29, 1.82) is 5.41 Å². The Kier molecular flexibility index (Phi) is 3.80. The van der Waals surface area contributed by atoms with E-state index in [1.807, 2.05) is 18.7 Å². The lowest BCUT2D eigenvalue weighted by Gasteiger charge is -2.39. The van der Waals surface area contributed by atoms with E-state index in [9.17, 15) is 0 Å². The van der Waals surface area contributed by atoms with Crippen molar-refractivity contribution in [1.82, 2.24) is 9.78 Å². The smallest absolute Gasteiger partial charge is 0.137 e. The molecule has 1 aliphatic carbocycles. The van der Waals surface area contributed by atoms with E-state index < -0.39 is 0 Å². The van der Waals surface area contributed by atoms with Crippen LogP contribution in [-0.4, -0.2) is 28.7 Å². The van der Waals surface area contributed by atoms with Gasteiger partial charge in [-0.25, -0.2) is 0 Å². The predicted molar refractivity (Wildman–Crippen MR) is 83.4 cm³/mol. The highest BCUT2D eigenvalue weighted by Crippen LogP contribution is 2.38. The number of nitrogens with zero attached hydrogens (tertiary/aromatic N) is 3. The Balaban J connectivity index is 2.26. The molecule has 0 saturated heterocycles. The summed E-state index contributed by atoms with van der Waals surface area (Å²) < 4.78 is 1.85. The Bertz CT molecular complexity index is 505. The van der Waals surface area contributed by atoms with Gasteiger partial charge >= 0.3 is 0 Å². The molecule has 0 aliphatic heterocycles. The van der Waals surface area contributed by atoms with Gasteiger partial charge in [0.05, 0.1) is 11.3 Å². The fraction of sp³-hybridized carbons (Fsp3) is 0.733. The number of hydrogen-bond donors (Lipinski definition) is 2. The Labute approximate surface area is 121 Å². The molecule has 0 atom stereocenters. The fourth-order valence-corrected chi connectivity index (χ4v) is 3.31. The maximum absolute atomic E-state index is 7.80. The van der Waals surface area contributed by atoms with Gasteiger partial charge in [-0.05, 0) is 38.0 Å². The van der Waals surface area contributed by atoms with Crippen molar-refractivity contribution in [3.63, 3.8) is 0 Å². The van der Waals surface area contributed by atoms with Crippen molar-refractivity contribution in [2.45, 2.75) is 52.5 Å². The molecule has 1 fully saturated rings. The van der Waals surface area contributed by atoms with Crippen molar-refractivity contribution in [2.24, 2.45) is 18.2 Å². The SMILES string of the molecule is Cc1nn(C)c(N(C)C2CCC(C)(C)CC2)c1C(=N)N. The maximum atomic E-state index is 7.80. The summed E-state index contributed by atoms with van der Waals surface area (Å²) in [4.78, 5) is 2.27. The topological polar surface area (TPSA) is 70.9 Å². The van der Waals surface area contributed by atoms with Crippen LogP contribution in [0.25, 0.3) is 0 Å². The van der Waals surface area contributed by atoms with Crippen LogP contribution in [0.15, 0.2) is 0 Å². The summed E-state index contributed by atoms with van der Waals surface area (Å²) in [5, 5.41) is 12.2. The number of nitrogens with two attached hydrogens (primary N) is 1. The molecule has 5 heteroatoms. The first-order valence-corrected chi connectivity index (χ1v) is 7.34. The van der Waals surface area contributed by atoms with Crippen LogP contribution in [0.5, 0.6) is 0 Å². The van der Waals surface area contributed by atoms with Crippen LogP contribution >= 0.6 is 0 Å². The van der Waals surface area contributed by atoms with E-state index in [1.165, 1.54) is 25.7 Å². The molecule has 1 heterocycles. The van der Waals surface area contributed by atoms with Crippen LogP contribution in [0.2, 0.25) is 0 Å². The minimum Gasteiger partial charge on any atom is -0.384 e. The molecule has 0 radical (unpaired) electrons. The van der Waals surface area contributed by atoms with Crippen molar-refractivity contribution >= 4 is 11.7 Å². The summed E-state index contributed by atoms with van der Waals surface area (Å²) in [6.45, 7) is 6.61. The summed E-state index contributed by atoms with van der Waals surface area (Å²) in [5.41, 5.74) is 7.81. The average molecular weight is 277 g/mol. The summed E-state index contributed by atoms with van der Waals surface area (Å²) in [6, 6.07) is 0.510. The van der Waals surface area contributed by atoms with E-state index in [2.05, 4.69) is 30.9 Å². The number of nitrogens with one attached hydrogen (secondary N) is 1. The van der Waals surface area contributed by atoms with Crippen LogP contribution in [0, 0.1) is 17.7 Å². The van der Waals surface area contributed by atoms with Gasteiger partial charge in [-0.2, -0.15) is 5.10 Å². The van der Waals surface area contributed by atoms with Gasteiger partial charge in [0.2, 0.25) is 0 Å². The highest BCUT2D eigenvalue weighted by atomic mass is 15.4. The molecule has 3 N–H and O–H groups in total. The molecule has 0 aromatic carbocycles. The van der Waals surface area contributed by atoms with E-state index >= 15 is 0 Å². The standard InChI is InChI=1S/C15H27N5/c1-10-12(13(16)17)14(20(5)18-10)19(4)11-6-8-15(2,3)9-7-11/h11H,6-9H2,1-5H3,(H3,16,17). The highest BCUT2D eigenvalue weighted by molar-refractivity contribution is 6.00. The van der Waals surface area contributed by atoms with Crippen molar-refractivity contribution < 1.29 is 0 Å². The summed E-state index contributed by atoms with van der Waals surface area (Å²) in [7, 11) is 4.03.